The third kappa shape index (κ3) is 4.22. The van der Waals surface area contributed by atoms with E-state index in [1.54, 1.807) is 10.4 Å². The lowest BCUT2D eigenvalue weighted by molar-refractivity contribution is -0.137. The highest BCUT2D eigenvalue weighted by molar-refractivity contribution is 7.89. The molecule has 2 fully saturated rings. The molecule has 1 atom stereocenters. The lowest BCUT2D eigenvalue weighted by Gasteiger charge is -2.36. The van der Waals surface area contributed by atoms with Crippen molar-refractivity contribution in [2.24, 2.45) is 11.7 Å². The van der Waals surface area contributed by atoms with Gasteiger partial charge in [-0.15, -0.1) is 12.4 Å². The van der Waals surface area contributed by atoms with Crippen LogP contribution in [0.3, 0.4) is 0 Å². The Morgan fingerprint density at radius 3 is 2.43 bits per heavy atom. The van der Waals surface area contributed by atoms with E-state index in [4.69, 9.17) is 5.73 Å². The van der Waals surface area contributed by atoms with Gasteiger partial charge < -0.3 is 10.6 Å². The van der Waals surface area contributed by atoms with Crippen molar-refractivity contribution >= 4 is 28.3 Å². The number of carbonyl (C=O) groups excluding carboxylic acids is 1. The minimum absolute atomic E-state index is 0. The number of benzene rings is 1. The van der Waals surface area contributed by atoms with Gasteiger partial charge in [-0.25, -0.2) is 8.42 Å². The highest BCUT2D eigenvalue weighted by Crippen LogP contribution is 2.29. The number of nitrogens with zero attached hydrogens (tertiary/aromatic N) is 2. The van der Waals surface area contributed by atoms with Crippen LogP contribution in [0.1, 0.15) is 43.2 Å². The standard InChI is InChI=1S/C20H29N3O3S.ClH/c21-18-5-2-10-22(14-18)20(24)16-8-11-23(12-9-16)27(25,26)19-7-6-15-3-1-4-17(15)13-19;/h6-7,13,16,18H,1-5,8-12,14,21H2;1H. The van der Waals surface area contributed by atoms with Gasteiger partial charge in [-0.05, 0) is 68.2 Å². The van der Waals surface area contributed by atoms with Crippen LogP contribution in [0.25, 0.3) is 0 Å². The number of piperidine rings is 2. The number of sulfonamides is 1. The number of fused-ring (bicyclic) bond motifs is 1. The van der Waals surface area contributed by atoms with E-state index in [9.17, 15) is 13.2 Å². The van der Waals surface area contributed by atoms with E-state index in [2.05, 4.69) is 0 Å². The number of nitrogens with two attached hydrogens (primary N) is 1. The second-order valence-electron chi connectivity index (χ2n) is 8.15. The molecular formula is C20H30ClN3O3S. The summed E-state index contributed by atoms with van der Waals surface area (Å²) in [5.74, 6) is 0.0708. The first-order valence-corrected chi connectivity index (χ1v) is 11.6. The average Bonchev–Trinajstić information content (AvgIpc) is 3.15. The molecule has 1 aromatic rings. The summed E-state index contributed by atoms with van der Waals surface area (Å²) in [4.78, 5) is 15.0. The zero-order valence-corrected chi connectivity index (χ0v) is 17.8. The number of likely N-dealkylation sites (tertiary alicyclic amines) is 1. The third-order valence-electron chi connectivity index (χ3n) is 6.28. The molecule has 1 unspecified atom stereocenters. The quantitative estimate of drug-likeness (QED) is 0.799. The van der Waals surface area contributed by atoms with E-state index >= 15 is 0 Å². The van der Waals surface area contributed by atoms with Gasteiger partial charge in [0.25, 0.3) is 0 Å². The minimum atomic E-state index is -3.48. The fourth-order valence-electron chi connectivity index (χ4n) is 4.67. The third-order valence-corrected chi connectivity index (χ3v) is 8.18. The fraction of sp³-hybridized carbons (Fsp3) is 0.650. The number of amides is 1. The van der Waals surface area contributed by atoms with Crippen LogP contribution in [0.15, 0.2) is 23.1 Å². The predicted molar refractivity (Wildman–Crippen MR) is 111 cm³/mol. The normalized spacial score (nSPS) is 23.9. The topological polar surface area (TPSA) is 83.7 Å². The number of carbonyl (C=O) groups is 1. The lowest BCUT2D eigenvalue weighted by atomic mass is 9.95. The smallest absolute Gasteiger partial charge is 0.243 e. The molecular weight excluding hydrogens is 398 g/mol. The summed E-state index contributed by atoms with van der Waals surface area (Å²) in [5.41, 5.74) is 8.44. The maximum atomic E-state index is 13.0. The van der Waals surface area contributed by atoms with Crippen LogP contribution < -0.4 is 5.73 Å². The van der Waals surface area contributed by atoms with Crippen molar-refractivity contribution in [3.8, 4) is 0 Å². The van der Waals surface area contributed by atoms with Crippen LogP contribution in [-0.2, 0) is 27.7 Å². The summed E-state index contributed by atoms with van der Waals surface area (Å²) in [7, 11) is -3.48. The lowest BCUT2D eigenvalue weighted by Crippen LogP contribution is -2.50. The number of aryl methyl sites for hydroxylation is 2. The Labute approximate surface area is 173 Å². The van der Waals surface area contributed by atoms with Gasteiger partial charge in [0.15, 0.2) is 0 Å². The fourth-order valence-corrected chi connectivity index (χ4v) is 6.19. The molecule has 0 spiro atoms. The van der Waals surface area contributed by atoms with E-state index in [1.807, 2.05) is 17.0 Å². The molecule has 1 aromatic carbocycles. The summed E-state index contributed by atoms with van der Waals surface area (Å²) in [6.07, 6.45) is 6.23. The van der Waals surface area contributed by atoms with Crippen molar-refractivity contribution < 1.29 is 13.2 Å². The first-order chi connectivity index (χ1) is 12.9. The largest absolute Gasteiger partial charge is 0.341 e. The molecule has 0 saturated carbocycles. The molecule has 2 heterocycles. The zero-order chi connectivity index (χ0) is 19.0. The molecule has 2 aliphatic heterocycles. The van der Waals surface area contributed by atoms with Crippen LogP contribution in [0.5, 0.6) is 0 Å². The number of hydrogen-bond acceptors (Lipinski definition) is 4. The van der Waals surface area contributed by atoms with Crippen molar-refractivity contribution in [2.45, 2.75) is 55.9 Å². The molecule has 4 rings (SSSR count). The molecule has 6 nitrogen and oxygen atoms in total. The SMILES string of the molecule is Cl.NC1CCCN(C(=O)C2CCN(S(=O)(=O)c3ccc4c(c3)CCC4)CC2)C1. The Morgan fingerprint density at radius 1 is 1.00 bits per heavy atom. The molecule has 8 heteroatoms. The van der Waals surface area contributed by atoms with Crippen molar-refractivity contribution in [3.63, 3.8) is 0 Å². The maximum absolute atomic E-state index is 13.0. The van der Waals surface area contributed by atoms with E-state index in [0.29, 0.717) is 37.4 Å². The molecule has 0 aromatic heterocycles. The molecule has 1 amide bonds. The molecule has 156 valence electrons. The van der Waals surface area contributed by atoms with Crippen molar-refractivity contribution in [2.75, 3.05) is 26.2 Å². The minimum Gasteiger partial charge on any atom is -0.341 e. The summed E-state index contributed by atoms with van der Waals surface area (Å²) in [5, 5.41) is 0. The van der Waals surface area contributed by atoms with Gasteiger partial charge in [-0.3, -0.25) is 4.79 Å². The predicted octanol–water partition coefficient (Wildman–Crippen LogP) is 1.95. The second kappa shape index (κ2) is 8.69. The number of hydrogen-bond donors (Lipinski definition) is 1. The number of rotatable bonds is 3. The Balaban J connectivity index is 0.00000225. The van der Waals surface area contributed by atoms with Crippen LogP contribution in [0.2, 0.25) is 0 Å². The van der Waals surface area contributed by atoms with Gasteiger partial charge in [0.2, 0.25) is 15.9 Å². The summed E-state index contributed by atoms with van der Waals surface area (Å²) < 4.78 is 27.6. The second-order valence-corrected chi connectivity index (χ2v) is 10.1. The van der Waals surface area contributed by atoms with Crippen LogP contribution >= 0.6 is 12.4 Å². The summed E-state index contributed by atoms with van der Waals surface area (Å²) in [6.45, 7) is 2.23. The molecule has 0 radical (unpaired) electrons. The van der Waals surface area contributed by atoms with Gasteiger partial charge in [0.05, 0.1) is 4.90 Å². The molecule has 0 bridgehead atoms. The van der Waals surface area contributed by atoms with E-state index in [-0.39, 0.29) is 30.3 Å². The van der Waals surface area contributed by atoms with Gasteiger partial charge in [-0.1, -0.05) is 6.07 Å². The first kappa shape index (κ1) is 21.6. The molecule has 3 aliphatic rings. The van der Waals surface area contributed by atoms with E-state index < -0.39 is 10.0 Å². The van der Waals surface area contributed by atoms with Crippen molar-refractivity contribution in [1.82, 2.24) is 9.21 Å². The highest BCUT2D eigenvalue weighted by atomic mass is 35.5. The molecule has 2 saturated heterocycles. The number of halogens is 1. The van der Waals surface area contributed by atoms with Gasteiger partial charge in [-0.2, -0.15) is 4.31 Å². The summed E-state index contributed by atoms with van der Waals surface area (Å²) in [6, 6.07) is 5.63. The monoisotopic (exact) mass is 427 g/mol. The highest BCUT2D eigenvalue weighted by Gasteiger charge is 2.35. The Hall–Kier alpha value is -1.15. The first-order valence-electron chi connectivity index (χ1n) is 10.1. The maximum Gasteiger partial charge on any atom is 0.243 e. The Kier molecular flexibility index (Phi) is 6.69. The van der Waals surface area contributed by atoms with E-state index in [1.165, 1.54) is 11.1 Å². The molecule has 28 heavy (non-hydrogen) atoms. The van der Waals surface area contributed by atoms with Crippen LogP contribution in [0, 0.1) is 5.92 Å². The Bertz CT molecular complexity index is 822. The molecule has 2 N–H and O–H groups in total. The molecule has 1 aliphatic carbocycles. The van der Waals surface area contributed by atoms with Gasteiger partial charge >= 0.3 is 0 Å². The van der Waals surface area contributed by atoms with Crippen molar-refractivity contribution in [1.29, 1.82) is 0 Å². The van der Waals surface area contributed by atoms with Gasteiger partial charge in [0.1, 0.15) is 0 Å². The zero-order valence-electron chi connectivity index (χ0n) is 16.2. The summed E-state index contributed by atoms with van der Waals surface area (Å²) >= 11 is 0. The van der Waals surface area contributed by atoms with E-state index in [0.717, 1.165) is 38.6 Å². The Morgan fingerprint density at radius 2 is 1.71 bits per heavy atom. The van der Waals surface area contributed by atoms with Gasteiger partial charge in [0, 0.05) is 38.1 Å². The van der Waals surface area contributed by atoms with Crippen LogP contribution in [0.4, 0.5) is 0 Å². The van der Waals surface area contributed by atoms with Crippen LogP contribution in [-0.4, -0.2) is 55.8 Å². The average molecular weight is 428 g/mol. The van der Waals surface area contributed by atoms with Crippen molar-refractivity contribution in [3.05, 3.63) is 29.3 Å².